The van der Waals surface area contributed by atoms with Gasteiger partial charge in [-0.15, -0.1) is 11.8 Å². The monoisotopic (exact) mass is 221 g/mol. The van der Waals surface area contributed by atoms with E-state index in [0.29, 0.717) is 5.75 Å². The molecule has 1 rings (SSSR count). The first-order chi connectivity index (χ1) is 6.53. The standard InChI is InChI=1S/C8H15NO4S/c1-8(7(12-2)13-3)9-5(4-14-8)6(10)11/h5,7,9H,4H2,1-3H3,(H,10,11)/t5-,8?/m1/s1. The van der Waals surface area contributed by atoms with Gasteiger partial charge in [-0.3, -0.25) is 10.1 Å². The van der Waals surface area contributed by atoms with Gasteiger partial charge in [0.25, 0.3) is 0 Å². The zero-order chi connectivity index (χ0) is 10.8. The van der Waals surface area contributed by atoms with E-state index in [4.69, 9.17) is 14.6 Å². The Hall–Kier alpha value is -0.300. The molecule has 0 aromatic carbocycles. The van der Waals surface area contributed by atoms with Gasteiger partial charge in [0.15, 0.2) is 6.29 Å². The Balaban J connectivity index is 2.64. The number of methoxy groups -OCH3 is 2. The van der Waals surface area contributed by atoms with Gasteiger partial charge in [-0.05, 0) is 6.92 Å². The van der Waals surface area contributed by atoms with Crippen LogP contribution in [0, 0.1) is 0 Å². The number of rotatable bonds is 4. The zero-order valence-corrected chi connectivity index (χ0v) is 9.26. The molecular formula is C8H15NO4S. The van der Waals surface area contributed by atoms with Gasteiger partial charge in [-0.25, -0.2) is 0 Å². The molecule has 2 N–H and O–H groups in total. The van der Waals surface area contributed by atoms with E-state index in [1.165, 1.54) is 26.0 Å². The first-order valence-electron chi connectivity index (χ1n) is 4.23. The van der Waals surface area contributed by atoms with E-state index in [2.05, 4.69) is 5.32 Å². The van der Waals surface area contributed by atoms with Gasteiger partial charge >= 0.3 is 5.97 Å². The van der Waals surface area contributed by atoms with Crippen molar-refractivity contribution in [3.8, 4) is 0 Å². The van der Waals surface area contributed by atoms with Crippen LogP contribution in [0.15, 0.2) is 0 Å². The van der Waals surface area contributed by atoms with Crippen molar-refractivity contribution in [1.29, 1.82) is 0 Å². The minimum atomic E-state index is -0.841. The van der Waals surface area contributed by atoms with Crippen LogP contribution in [-0.2, 0) is 14.3 Å². The second kappa shape index (κ2) is 4.48. The van der Waals surface area contributed by atoms with Crippen LogP contribution in [0.4, 0.5) is 0 Å². The molecule has 0 radical (unpaired) electrons. The molecule has 0 aliphatic carbocycles. The van der Waals surface area contributed by atoms with Crippen molar-refractivity contribution in [2.75, 3.05) is 20.0 Å². The summed E-state index contributed by atoms with van der Waals surface area (Å²) in [5.74, 6) is -0.318. The third-order valence-corrected chi connectivity index (χ3v) is 3.60. The lowest BCUT2D eigenvalue weighted by molar-refractivity contribution is -0.143. The van der Waals surface area contributed by atoms with Gasteiger partial charge in [-0.2, -0.15) is 0 Å². The average Bonchev–Trinajstić information content (AvgIpc) is 2.51. The molecule has 82 valence electrons. The summed E-state index contributed by atoms with van der Waals surface area (Å²) in [5.41, 5.74) is 0. The lowest BCUT2D eigenvalue weighted by Gasteiger charge is -2.31. The number of carboxylic acid groups (broad SMARTS) is 1. The maximum Gasteiger partial charge on any atom is 0.321 e. The minimum Gasteiger partial charge on any atom is -0.480 e. The number of nitrogens with one attached hydrogen (secondary N) is 1. The summed E-state index contributed by atoms with van der Waals surface area (Å²) in [6.07, 6.45) is -0.447. The van der Waals surface area contributed by atoms with Gasteiger partial charge in [-0.1, -0.05) is 0 Å². The highest BCUT2D eigenvalue weighted by Crippen LogP contribution is 2.34. The minimum absolute atomic E-state index is 0.447. The van der Waals surface area contributed by atoms with E-state index in [1.54, 1.807) is 0 Å². The van der Waals surface area contributed by atoms with Gasteiger partial charge in [0, 0.05) is 20.0 Å². The second-order valence-corrected chi connectivity index (χ2v) is 4.73. The Morgan fingerprint density at radius 3 is 2.57 bits per heavy atom. The summed E-state index contributed by atoms with van der Waals surface area (Å²) in [4.78, 5) is 10.2. The molecule has 0 saturated carbocycles. The summed E-state index contributed by atoms with van der Waals surface area (Å²) in [7, 11) is 3.07. The summed E-state index contributed by atoms with van der Waals surface area (Å²) in [6.45, 7) is 1.87. The molecule has 1 saturated heterocycles. The van der Waals surface area contributed by atoms with Crippen molar-refractivity contribution >= 4 is 17.7 Å². The summed E-state index contributed by atoms with van der Waals surface area (Å²) in [6, 6.07) is -0.530. The third-order valence-electron chi connectivity index (χ3n) is 2.19. The maximum atomic E-state index is 10.7. The normalized spacial score (nSPS) is 32.4. The molecule has 0 spiro atoms. The molecule has 2 atom stereocenters. The van der Waals surface area contributed by atoms with Crippen LogP contribution >= 0.6 is 11.8 Å². The number of hydrogen-bond donors (Lipinski definition) is 2. The fourth-order valence-electron chi connectivity index (χ4n) is 1.50. The summed E-state index contributed by atoms with van der Waals surface area (Å²) < 4.78 is 10.2. The van der Waals surface area contributed by atoms with Crippen LogP contribution in [-0.4, -0.2) is 48.3 Å². The van der Waals surface area contributed by atoms with Gasteiger partial charge in [0.1, 0.15) is 10.9 Å². The van der Waals surface area contributed by atoms with Crippen molar-refractivity contribution in [3.63, 3.8) is 0 Å². The van der Waals surface area contributed by atoms with Crippen molar-refractivity contribution in [2.24, 2.45) is 0 Å². The van der Waals surface area contributed by atoms with E-state index in [9.17, 15) is 4.79 Å². The molecule has 0 aromatic heterocycles. The molecule has 1 fully saturated rings. The molecule has 1 heterocycles. The molecule has 0 bridgehead atoms. The average molecular weight is 221 g/mol. The van der Waals surface area contributed by atoms with E-state index in [-0.39, 0.29) is 0 Å². The van der Waals surface area contributed by atoms with Crippen LogP contribution in [0.1, 0.15) is 6.92 Å². The van der Waals surface area contributed by atoms with E-state index in [0.717, 1.165) is 0 Å². The van der Waals surface area contributed by atoms with Crippen LogP contribution in [0.5, 0.6) is 0 Å². The highest BCUT2D eigenvalue weighted by molar-refractivity contribution is 8.01. The Morgan fingerprint density at radius 1 is 1.64 bits per heavy atom. The van der Waals surface area contributed by atoms with E-state index < -0.39 is 23.2 Å². The fraction of sp³-hybridized carbons (Fsp3) is 0.875. The van der Waals surface area contributed by atoms with E-state index in [1.807, 2.05) is 6.92 Å². The Kier molecular flexibility index (Phi) is 3.77. The molecule has 1 unspecified atom stereocenters. The van der Waals surface area contributed by atoms with Gasteiger partial charge in [0.2, 0.25) is 0 Å². The molecule has 6 heteroatoms. The summed E-state index contributed by atoms with van der Waals surface area (Å²) in [5, 5.41) is 11.8. The number of thioether (sulfide) groups is 1. The van der Waals surface area contributed by atoms with Crippen molar-refractivity contribution in [3.05, 3.63) is 0 Å². The number of carbonyl (C=O) groups is 1. The predicted molar refractivity (Wildman–Crippen MR) is 53.2 cm³/mol. The number of ether oxygens (including phenoxy) is 2. The molecule has 0 amide bonds. The lowest BCUT2D eigenvalue weighted by Crippen LogP contribution is -2.51. The van der Waals surface area contributed by atoms with Crippen LogP contribution in [0.2, 0.25) is 0 Å². The Bertz CT molecular complexity index is 221. The number of carboxylic acids is 1. The molecule has 1 aliphatic rings. The Labute approximate surface area is 87.1 Å². The fourth-order valence-corrected chi connectivity index (χ4v) is 2.79. The summed E-state index contributed by atoms with van der Waals surface area (Å²) >= 11 is 1.50. The topological polar surface area (TPSA) is 67.8 Å². The van der Waals surface area contributed by atoms with Crippen molar-refractivity contribution < 1.29 is 19.4 Å². The van der Waals surface area contributed by atoms with Gasteiger partial charge < -0.3 is 14.6 Å². The quantitative estimate of drug-likeness (QED) is 0.657. The highest BCUT2D eigenvalue weighted by atomic mass is 32.2. The Morgan fingerprint density at radius 2 is 2.21 bits per heavy atom. The smallest absolute Gasteiger partial charge is 0.321 e. The SMILES string of the molecule is COC(OC)C1(C)N[C@@H](C(=O)O)CS1. The number of aliphatic carboxylic acids is 1. The van der Waals surface area contributed by atoms with Crippen molar-refractivity contribution in [2.45, 2.75) is 24.1 Å². The van der Waals surface area contributed by atoms with Crippen LogP contribution in [0.3, 0.4) is 0 Å². The zero-order valence-electron chi connectivity index (χ0n) is 8.44. The molecule has 14 heavy (non-hydrogen) atoms. The molecule has 0 aromatic rings. The van der Waals surface area contributed by atoms with Crippen LogP contribution < -0.4 is 5.32 Å². The predicted octanol–water partition coefficient (Wildman–Crippen LogP) is 0.111. The molecule has 5 nitrogen and oxygen atoms in total. The highest BCUT2D eigenvalue weighted by Gasteiger charge is 2.44. The van der Waals surface area contributed by atoms with Crippen LogP contribution in [0.25, 0.3) is 0 Å². The lowest BCUT2D eigenvalue weighted by atomic mass is 10.2. The first-order valence-corrected chi connectivity index (χ1v) is 5.22. The number of hydrogen-bond acceptors (Lipinski definition) is 5. The molecule has 1 aliphatic heterocycles. The van der Waals surface area contributed by atoms with Gasteiger partial charge in [0.05, 0.1) is 0 Å². The second-order valence-electron chi connectivity index (χ2n) is 3.26. The molecular weight excluding hydrogens is 206 g/mol. The first kappa shape index (κ1) is 11.8. The third kappa shape index (κ3) is 2.20. The van der Waals surface area contributed by atoms with E-state index >= 15 is 0 Å². The van der Waals surface area contributed by atoms with Crippen molar-refractivity contribution in [1.82, 2.24) is 5.32 Å². The largest absolute Gasteiger partial charge is 0.480 e. The maximum absolute atomic E-state index is 10.7.